The van der Waals surface area contributed by atoms with Gasteiger partial charge in [-0.15, -0.1) is 0 Å². The Morgan fingerprint density at radius 1 is 1.32 bits per heavy atom. The zero-order chi connectivity index (χ0) is 13.7. The van der Waals surface area contributed by atoms with E-state index >= 15 is 0 Å². The van der Waals surface area contributed by atoms with Crippen molar-refractivity contribution >= 4 is 5.91 Å². The van der Waals surface area contributed by atoms with Crippen LogP contribution in [0.25, 0.3) is 0 Å². The largest absolute Gasteiger partial charge is 0.353 e. The number of carbonyl (C=O) groups excluding carboxylic acids is 1. The van der Waals surface area contributed by atoms with Crippen molar-refractivity contribution in [2.24, 2.45) is 11.3 Å². The lowest BCUT2D eigenvalue weighted by molar-refractivity contribution is -0.123. The maximum absolute atomic E-state index is 12.2. The molecule has 19 heavy (non-hydrogen) atoms. The Bertz CT molecular complexity index is 297. The second-order valence-electron chi connectivity index (χ2n) is 6.63. The highest BCUT2D eigenvalue weighted by molar-refractivity contribution is 5.82. The minimum atomic E-state index is 0.313. The van der Waals surface area contributed by atoms with E-state index in [1.165, 1.54) is 38.5 Å². The third kappa shape index (κ3) is 3.95. The number of nitrogens with one attached hydrogen (secondary N) is 2. The van der Waals surface area contributed by atoms with Gasteiger partial charge in [0, 0.05) is 12.0 Å². The lowest BCUT2D eigenvalue weighted by atomic mass is 9.91. The SMILES string of the molecule is CCCCCCC(C)NC(=O)C1CC12CCNCC2. The average Bonchev–Trinajstić information content (AvgIpc) is 3.09. The van der Waals surface area contributed by atoms with E-state index in [1.807, 2.05) is 0 Å². The summed E-state index contributed by atoms with van der Waals surface area (Å²) in [7, 11) is 0. The lowest BCUT2D eigenvalue weighted by Gasteiger charge is -2.23. The molecular weight excluding hydrogens is 236 g/mol. The topological polar surface area (TPSA) is 41.1 Å². The summed E-state index contributed by atoms with van der Waals surface area (Å²) in [5.41, 5.74) is 0.372. The summed E-state index contributed by atoms with van der Waals surface area (Å²) < 4.78 is 0. The van der Waals surface area contributed by atoms with Crippen LogP contribution in [-0.4, -0.2) is 25.0 Å². The van der Waals surface area contributed by atoms with Crippen LogP contribution in [0.15, 0.2) is 0 Å². The summed E-state index contributed by atoms with van der Waals surface area (Å²) in [5, 5.41) is 6.62. The monoisotopic (exact) mass is 266 g/mol. The highest BCUT2D eigenvalue weighted by Crippen LogP contribution is 2.58. The summed E-state index contributed by atoms with van der Waals surface area (Å²) in [5.74, 6) is 0.637. The number of amides is 1. The van der Waals surface area contributed by atoms with Gasteiger partial charge in [-0.2, -0.15) is 0 Å². The molecule has 1 amide bonds. The second-order valence-corrected chi connectivity index (χ2v) is 6.63. The molecule has 1 saturated heterocycles. The average molecular weight is 266 g/mol. The van der Waals surface area contributed by atoms with Crippen LogP contribution in [-0.2, 0) is 4.79 Å². The fourth-order valence-corrected chi connectivity index (χ4v) is 3.49. The van der Waals surface area contributed by atoms with Crippen molar-refractivity contribution in [1.29, 1.82) is 0 Å². The number of unbranched alkanes of at least 4 members (excludes halogenated alkanes) is 3. The molecule has 1 heterocycles. The molecule has 0 aromatic carbocycles. The predicted molar refractivity (Wildman–Crippen MR) is 79.0 cm³/mol. The highest BCUT2D eigenvalue weighted by Gasteiger charge is 2.57. The van der Waals surface area contributed by atoms with Crippen LogP contribution in [0.4, 0.5) is 0 Å². The van der Waals surface area contributed by atoms with Gasteiger partial charge in [0.2, 0.25) is 5.91 Å². The van der Waals surface area contributed by atoms with Crippen LogP contribution in [0.2, 0.25) is 0 Å². The van der Waals surface area contributed by atoms with Crippen molar-refractivity contribution in [1.82, 2.24) is 10.6 Å². The van der Waals surface area contributed by atoms with Gasteiger partial charge in [-0.3, -0.25) is 4.79 Å². The van der Waals surface area contributed by atoms with Gasteiger partial charge in [-0.05, 0) is 51.1 Å². The van der Waals surface area contributed by atoms with Crippen LogP contribution in [0.5, 0.6) is 0 Å². The van der Waals surface area contributed by atoms with Gasteiger partial charge in [-0.25, -0.2) is 0 Å². The van der Waals surface area contributed by atoms with Crippen LogP contribution < -0.4 is 10.6 Å². The molecule has 2 aliphatic rings. The standard InChI is InChI=1S/C16H30N2O/c1-3-4-5-6-7-13(2)18-15(19)14-12-16(14)8-10-17-11-9-16/h13-14,17H,3-12H2,1-2H3,(H,18,19). The summed E-state index contributed by atoms with van der Waals surface area (Å²) in [6.07, 6.45) is 9.78. The molecule has 3 heteroatoms. The molecule has 2 atom stereocenters. The smallest absolute Gasteiger partial charge is 0.223 e. The summed E-state index contributed by atoms with van der Waals surface area (Å²) in [4.78, 5) is 12.2. The van der Waals surface area contributed by atoms with Crippen LogP contribution in [0.3, 0.4) is 0 Å². The number of hydrogen-bond donors (Lipinski definition) is 2. The van der Waals surface area contributed by atoms with E-state index in [1.54, 1.807) is 0 Å². The van der Waals surface area contributed by atoms with E-state index in [0.717, 1.165) is 25.9 Å². The minimum absolute atomic E-state index is 0.313. The number of piperidine rings is 1. The first-order valence-electron chi connectivity index (χ1n) is 8.19. The first-order valence-corrected chi connectivity index (χ1v) is 8.19. The van der Waals surface area contributed by atoms with Crippen molar-refractivity contribution in [3.05, 3.63) is 0 Å². The number of hydrogen-bond acceptors (Lipinski definition) is 2. The summed E-state index contributed by atoms with van der Waals surface area (Å²) in [6, 6.07) is 0.351. The Morgan fingerprint density at radius 2 is 2.05 bits per heavy atom. The van der Waals surface area contributed by atoms with Crippen LogP contribution in [0, 0.1) is 11.3 Å². The van der Waals surface area contributed by atoms with Gasteiger partial charge >= 0.3 is 0 Å². The van der Waals surface area contributed by atoms with E-state index in [2.05, 4.69) is 24.5 Å². The molecule has 1 aliphatic heterocycles. The van der Waals surface area contributed by atoms with Crippen molar-refractivity contribution in [3.63, 3.8) is 0 Å². The zero-order valence-electron chi connectivity index (χ0n) is 12.6. The van der Waals surface area contributed by atoms with Crippen molar-refractivity contribution < 1.29 is 4.79 Å². The molecule has 2 rings (SSSR count). The lowest BCUT2D eigenvalue weighted by Crippen LogP contribution is -2.37. The molecule has 2 fully saturated rings. The Balaban J connectivity index is 1.64. The Morgan fingerprint density at radius 3 is 2.74 bits per heavy atom. The quantitative estimate of drug-likeness (QED) is 0.696. The zero-order valence-corrected chi connectivity index (χ0v) is 12.6. The normalized spacial score (nSPS) is 26.1. The van der Waals surface area contributed by atoms with Gasteiger partial charge in [0.25, 0.3) is 0 Å². The molecule has 2 unspecified atom stereocenters. The molecule has 2 N–H and O–H groups in total. The van der Waals surface area contributed by atoms with Crippen LogP contribution >= 0.6 is 0 Å². The summed E-state index contributed by atoms with van der Waals surface area (Å²) >= 11 is 0. The van der Waals surface area contributed by atoms with Gasteiger partial charge in [-0.1, -0.05) is 32.6 Å². The third-order valence-corrected chi connectivity index (χ3v) is 4.98. The van der Waals surface area contributed by atoms with E-state index in [4.69, 9.17) is 0 Å². The molecule has 0 aromatic heterocycles. The predicted octanol–water partition coefficient (Wildman–Crippen LogP) is 2.85. The molecular formula is C16H30N2O. The van der Waals surface area contributed by atoms with Gasteiger partial charge in [0.05, 0.1) is 0 Å². The number of carbonyl (C=O) groups is 1. The van der Waals surface area contributed by atoms with E-state index < -0.39 is 0 Å². The van der Waals surface area contributed by atoms with E-state index in [9.17, 15) is 4.79 Å². The highest BCUT2D eigenvalue weighted by atomic mass is 16.2. The first kappa shape index (κ1) is 14.8. The Labute approximate surface area is 117 Å². The summed E-state index contributed by atoms with van der Waals surface area (Å²) in [6.45, 7) is 6.57. The van der Waals surface area contributed by atoms with E-state index in [0.29, 0.717) is 23.3 Å². The van der Waals surface area contributed by atoms with Crippen molar-refractivity contribution in [2.75, 3.05) is 13.1 Å². The second kappa shape index (κ2) is 6.74. The first-order chi connectivity index (χ1) is 9.18. The van der Waals surface area contributed by atoms with Gasteiger partial charge in [0.15, 0.2) is 0 Å². The molecule has 1 aliphatic carbocycles. The number of rotatable bonds is 7. The Hall–Kier alpha value is -0.570. The minimum Gasteiger partial charge on any atom is -0.353 e. The molecule has 0 aromatic rings. The fraction of sp³-hybridized carbons (Fsp3) is 0.938. The fourth-order valence-electron chi connectivity index (χ4n) is 3.49. The van der Waals surface area contributed by atoms with Gasteiger partial charge in [0.1, 0.15) is 0 Å². The maximum atomic E-state index is 12.2. The maximum Gasteiger partial charge on any atom is 0.223 e. The third-order valence-electron chi connectivity index (χ3n) is 4.98. The van der Waals surface area contributed by atoms with Crippen molar-refractivity contribution in [2.45, 2.75) is 71.3 Å². The molecule has 1 saturated carbocycles. The molecule has 1 spiro atoms. The van der Waals surface area contributed by atoms with E-state index in [-0.39, 0.29) is 0 Å². The molecule has 0 radical (unpaired) electrons. The van der Waals surface area contributed by atoms with Crippen molar-refractivity contribution in [3.8, 4) is 0 Å². The van der Waals surface area contributed by atoms with Crippen LogP contribution in [0.1, 0.15) is 65.2 Å². The van der Waals surface area contributed by atoms with Gasteiger partial charge < -0.3 is 10.6 Å². The molecule has 110 valence electrons. The molecule has 0 bridgehead atoms. The molecule has 3 nitrogen and oxygen atoms in total. The Kier molecular flexibility index (Phi) is 5.26.